The van der Waals surface area contributed by atoms with E-state index >= 15 is 0 Å². The Balaban J connectivity index is 2.11. The smallest absolute Gasteiger partial charge is 0.339 e. The van der Waals surface area contributed by atoms with Gasteiger partial charge in [0.15, 0.2) is 23.9 Å². The molecule has 0 N–H and O–H groups in total. The van der Waals surface area contributed by atoms with Crippen molar-refractivity contribution in [3.63, 3.8) is 0 Å². The quantitative estimate of drug-likeness (QED) is 0.185. The molecule has 4 rings (SSSR count). The van der Waals surface area contributed by atoms with E-state index in [0.717, 1.165) is 5.56 Å². The van der Waals surface area contributed by atoms with Crippen LogP contribution in [-0.4, -0.2) is 50.8 Å². The van der Waals surface area contributed by atoms with E-state index in [9.17, 15) is 13.2 Å². The van der Waals surface area contributed by atoms with Gasteiger partial charge in [0.2, 0.25) is 28.4 Å². The van der Waals surface area contributed by atoms with E-state index in [1.807, 2.05) is 6.92 Å². The first-order chi connectivity index (χ1) is 19.2. The number of benzene rings is 3. The number of aryl methyl sites for hydroxylation is 1. The molecule has 0 aliphatic rings. The second-order valence-electron chi connectivity index (χ2n) is 8.35. The van der Waals surface area contributed by atoms with Crippen LogP contribution in [0.25, 0.3) is 22.3 Å². The first-order valence-electron chi connectivity index (χ1n) is 11.8. The maximum absolute atomic E-state index is 14.1. The Bertz CT molecular complexity index is 1670. The molecule has 3 aromatic carbocycles. The van der Waals surface area contributed by atoms with Crippen molar-refractivity contribution in [1.29, 1.82) is 0 Å². The highest BCUT2D eigenvalue weighted by Crippen LogP contribution is 2.51. The molecule has 1 aromatic heterocycles. The maximum atomic E-state index is 14.1. The summed E-state index contributed by atoms with van der Waals surface area (Å²) in [4.78, 5) is 14.0. The van der Waals surface area contributed by atoms with E-state index in [1.165, 1.54) is 47.7 Å². The lowest BCUT2D eigenvalue weighted by atomic mass is 10.1. The molecule has 0 fully saturated rings. The van der Waals surface area contributed by atoms with Gasteiger partial charge in [0.1, 0.15) is 16.0 Å². The Morgan fingerprint density at radius 3 is 1.90 bits per heavy atom. The minimum Gasteiger partial charge on any atom is -0.497 e. The molecule has 212 valence electrons. The minimum atomic E-state index is -4.47. The molecule has 12 heteroatoms. The molecule has 4 aromatic rings. The standard InChI is InChI=1S/C28H28O11S/c1-16-7-13-19(14-8-16)40(30,31)39-25-21(29)20-23(34-4)28(37-15-32-2)27(36-6)26(35-5)24(20)38-22(25)17-9-11-18(33-3)12-10-17/h7-14H,15H2,1-6H3. The monoisotopic (exact) mass is 572 g/mol. The van der Waals surface area contributed by atoms with Crippen LogP contribution in [0.4, 0.5) is 0 Å². The zero-order valence-corrected chi connectivity index (χ0v) is 23.5. The Morgan fingerprint density at radius 2 is 1.35 bits per heavy atom. The highest BCUT2D eigenvalue weighted by atomic mass is 32.2. The van der Waals surface area contributed by atoms with E-state index in [2.05, 4.69) is 0 Å². The SMILES string of the molecule is COCOc1c(OC)c(OC)c2oc(-c3ccc(OC)cc3)c(OS(=O)(=O)c3ccc(C)cc3)c(=O)c2c1OC. The fourth-order valence-corrected chi connectivity index (χ4v) is 4.93. The van der Waals surface area contributed by atoms with Crippen LogP contribution < -0.4 is 33.3 Å². The van der Waals surface area contributed by atoms with Crippen molar-refractivity contribution in [2.45, 2.75) is 11.8 Å². The minimum absolute atomic E-state index is 0.00389. The summed E-state index contributed by atoms with van der Waals surface area (Å²) in [6.45, 7) is 1.59. The van der Waals surface area contributed by atoms with Gasteiger partial charge in [0.25, 0.3) is 0 Å². The van der Waals surface area contributed by atoms with Gasteiger partial charge in [-0.1, -0.05) is 17.7 Å². The first-order valence-corrected chi connectivity index (χ1v) is 13.2. The molecule has 40 heavy (non-hydrogen) atoms. The molecule has 0 saturated heterocycles. The predicted molar refractivity (Wildman–Crippen MR) is 146 cm³/mol. The normalized spacial score (nSPS) is 11.2. The van der Waals surface area contributed by atoms with Gasteiger partial charge in [-0.05, 0) is 43.3 Å². The molecule has 0 atom stereocenters. The van der Waals surface area contributed by atoms with Crippen molar-refractivity contribution in [2.24, 2.45) is 0 Å². The van der Waals surface area contributed by atoms with Crippen LogP contribution in [0.2, 0.25) is 0 Å². The Labute approximate surface area is 230 Å². The van der Waals surface area contributed by atoms with Crippen LogP contribution in [0.15, 0.2) is 62.6 Å². The molecular formula is C28H28O11S. The molecule has 0 aliphatic heterocycles. The lowest BCUT2D eigenvalue weighted by Crippen LogP contribution is -2.18. The topological polar surface area (TPSA) is 129 Å². The van der Waals surface area contributed by atoms with Crippen molar-refractivity contribution >= 4 is 21.1 Å². The predicted octanol–water partition coefficient (Wildman–Crippen LogP) is 4.55. The number of fused-ring (bicyclic) bond motifs is 1. The van der Waals surface area contributed by atoms with Crippen LogP contribution in [0.5, 0.6) is 34.5 Å². The highest BCUT2D eigenvalue weighted by molar-refractivity contribution is 7.87. The summed E-state index contributed by atoms with van der Waals surface area (Å²) in [6.07, 6.45) is 0. The molecular weight excluding hydrogens is 544 g/mol. The molecule has 0 bridgehead atoms. The van der Waals surface area contributed by atoms with Crippen molar-refractivity contribution in [3.05, 3.63) is 64.3 Å². The maximum Gasteiger partial charge on any atom is 0.339 e. The lowest BCUT2D eigenvalue weighted by molar-refractivity contribution is 0.0470. The van der Waals surface area contributed by atoms with Crippen LogP contribution in [0.3, 0.4) is 0 Å². The van der Waals surface area contributed by atoms with Crippen molar-refractivity contribution in [2.75, 3.05) is 42.3 Å². The molecule has 11 nitrogen and oxygen atoms in total. The second kappa shape index (κ2) is 11.8. The van der Waals surface area contributed by atoms with E-state index in [0.29, 0.717) is 11.3 Å². The van der Waals surface area contributed by atoms with Gasteiger partial charge >= 0.3 is 10.1 Å². The zero-order chi connectivity index (χ0) is 29.0. The number of hydrogen-bond acceptors (Lipinski definition) is 11. The summed E-state index contributed by atoms with van der Waals surface area (Å²) in [6, 6.07) is 12.4. The number of methoxy groups -OCH3 is 5. The summed E-state index contributed by atoms with van der Waals surface area (Å²) in [5.74, 6) is -0.295. The fraction of sp³-hybridized carbons (Fsp3) is 0.250. The molecule has 0 saturated carbocycles. The van der Waals surface area contributed by atoms with E-state index in [1.54, 1.807) is 36.4 Å². The first kappa shape index (κ1) is 28.6. The van der Waals surface area contributed by atoms with Crippen molar-refractivity contribution in [3.8, 4) is 45.8 Å². The van der Waals surface area contributed by atoms with Gasteiger partial charge in [-0.2, -0.15) is 8.42 Å². The van der Waals surface area contributed by atoms with Crippen LogP contribution in [-0.2, 0) is 14.9 Å². The van der Waals surface area contributed by atoms with Crippen LogP contribution >= 0.6 is 0 Å². The van der Waals surface area contributed by atoms with Gasteiger partial charge in [-0.15, -0.1) is 0 Å². The number of hydrogen-bond donors (Lipinski definition) is 0. The van der Waals surface area contributed by atoms with E-state index in [-0.39, 0.29) is 51.4 Å². The Hall–Kier alpha value is -4.42. The van der Waals surface area contributed by atoms with Crippen molar-refractivity contribution < 1.29 is 45.4 Å². The highest BCUT2D eigenvalue weighted by Gasteiger charge is 2.32. The third-order valence-electron chi connectivity index (χ3n) is 5.91. The zero-order valence-electron chi connectivity index (χ0n) is 22.7. The van der Waals surface area contributed by atoms with Crippen LogP contribution in [0, 0.1) is 6.92 Å². The molecule has 0 spiro atoms. The molecule has 0 aliphatic carbocycles. The summed E-state index contributed by atoms with van der Waals surface area (Å²) in [5, 5.41) is -0.197. The third kappa shape index (κ3) is 5.23. The summed E-state index contributed by atoms with van der Waals surface area (Å²) in [7, 11) is 2.47. The van der Waals surface area contributed by atoms with Gasteiger partial charge in [-0.3, -0.25) is 4.79 Å². The number of ether oxygens (including phenoxy) is 6. The lowest BCUT2D eigenvalue weighted by Gasteiger charge is -2.20. The summed E-state index contributed by atoms with van der Waals surface area (Å²) < 4.78 is 70.9. The second-order valence-corrected chi connectivity index (χ2v) is 9.90. The van der Waals surface area contributed by atoms with Gasteiger partial charge in [-0.25, -0.2) is 0 Å². The number of rotatable bonds is 11. The van der Waals surface area contributed by atoms with E-state index < -0.39 is 21.3 Å². The molecule has 0 amide bonds. The Morgan fingerprint density at radius 1 is 0.725 bits per heavy atom. The molecule has 1 heterocycles. The molecule has 0 unspecified atom stereocenters. The Kier molecular flexibility index (Phi) is 8.40. The molecule has 0 radical (unpaired) electrons. The third-order valence-corrected chi connectivity index (χ3v) is 7.15. The summed E-state index contributed by atoms with van der Waals surface area (Å²) >= 11 is 0. The van der Waals surface area contributed by atoms with Crippen LogP contribution in [0.1, 0.15) is 5.56 Å². The van der Waals surface area contributed by atoms with Gasteiger partial charge in [0.05, 0.1) is 28.4 Å². The van der Waals surface area contributed by atoms with Gasteiger partial charge in [0, 0.05) is 12.7 Å². The fourth-order valence-electron chi connectivity index (χ4n) is 3.99. The average Bonchev–Trinajstić information content (AvgIpc) is 2.96. The van der Waals surface area contributed by atoms with Crippen molar-refractivity contribution in [1.82, 2.24) is 0 Å². The van der Waals surface area contributed by atoms with E-state index in [4.69, 9.17) is 37.0 Å². The van der Waals surface area contributed by atoms with Gasteiger partial charge < -0.3 is 37.0 Å². The average molecular weight is 573 g/mol. The largest absolute Gasteiger partial charge is 0.497 e. The summed E-state index contributed by atoms with van der Waals surface area (Å²) in [5.41, 5.74) is 0.228.